The monoisotopic (exact) mass is 270 g/mol. The number of nitrogens with one attached hydrogen (secondary N) is 1. The Morgan fingerprint density at radius 1 is 1.32 bits per heavy atom. The average Bonchev–Trinajstić information content (AvgIpc) is 2.97. The summed E-state index contributed by atoms with van der Waals surface area (Å²) in [5, 5.41) is 2.97. The Kier molecular flexibility index (Phi) is 5.60. The topological polar surface area (TPSA) is 73.6 Å². The predicted octanol–water partition coefficient (Wildman–Crippen LogP) is 0.817. The van der Waals surface area contributed by atoms with Gasteiger partial charge in [0.05, 0.1) is 18.1 Å². The molecule has 0 aromatic rings. The minimum absolute atomic E-state index is 0.0633. The molecule has 2 fully saturated rings. The Hall–Kier alpha value is -0.650. The third-order valence-corrected chi connectivity index (χ3v) is 4.37. The van der Waals surface area contributed by atoms with Crippen molar-refractivity contribution in [1.29, 1.82) is 0 Å². The fraction of sp³-hybridized carbons (Fsp3) is 0.929. The van der Waals surface area contributed by atoms with Crippen LogP contribution in [0.4, 0.5) is 0 Å². The van der Waals surface area contributed by atoms with Crippen LogP contribution in [0, 0.1) is 5.41 Å². The van der Waals surface area contributed by atoms with E-state index in [2.05, 4.69) is 5.32 Å². The molecule has 1 amide bonds. The van der Waals surface area contributed by atoms with Crippen molar-refractivity contribution in [2.24, 2.45) is 11.1 Å². The highest BCUT2D eigenvalue weighted by molar-refractivity contribution is 5.83. The molecule has 0 spiro atoms. The number of carbonyl (C=O) groups excluding carboxylic acids is 1. The van der Waals surface area contributed by atoms with Gasteiger partial charge in [0, 0.05) is 26.3 Å². The van der Waals surface area contributed by atoms with E-state index in [0.29, 0.717) is 39.0 Å². The summed E-state index contributed by atoms with van der Waals surface area (Å²) in [4.78, 5) is 12.2. The summed E-state index contributed by atoms with van der Waals surface area (Å²) in [6.45, 7) is 2.84. The molecule has 0 aromatic heterocycles. The maximum atomic E-state index is 12.2. The summed E-state index contributed by atoms with van der Waals surface area (Å²) >= 11 is 0. The smallest absolute Gasteiger partial charge is 0.227 e. The van der Waals surface area contributed by atoms with Gasteiger partial charge in [-0.1, -0.05) is 12.8 Å². The van der Waals surface area contributed by atoms with Crippen LogP contribution in [0.2, 0.25) is 0 Å². The van der Waals surface area contributed by atoms with Crippen molar-refractivity contribution >= 4 is 5.91 Å². The second kappa shape index (κ2) is 7.22. The second-order valence-corrected chi connectivity index (χ2v) is 5.63. The minimum Gasteiger partial charge on any atom is -0.381 e. The molecular weight excluding hydrogens is 244 g/mol. The lowest BCUT2D eigenvalue weighted by Crippen LogP contribution is -2.49. The molecule has 5 nitrogen and oxygen atoms in total. The molecule has 2 aliphatic rings. The van der Waals surface area contributed by atoms with E-state index in [-0.39, 0.29) is 5.91 Å². The summed E-state index contributed by atoms with van der Waals surface area (Å²) in [6, 6.07) is 0. The fourth-order valence-electron chi connectivity index (χ4n) is 2.92. The van der Waals surface area contributed by atoms with Gasteiger partial charge in [-0.2, -0.15) is 0 Å². The molecule has 1 saturated carbocycles. The molecule has 0 radical (unpaired) electrons. The van der Waals surface area contributed by atoms with Gasteiger partial charge in [0.25, 0.3) is 0 Å². The zero-order chi connectivity index (χ0) is 13.6. The van der Waals surface area contributed by atoms with Crippen LogP contribution in [0.5, 0.6) is 0 Å². The lowest BCUT2D eigenvalue weighted by atomic mass is 9.79. The molecule has 110 valence electrons. The molecule has 1 saturated heterocycles. The molecule has 19 heavy (non-hydrogen) atoms. The first kappa shape index (κ1) is 14.8. The van der Waals surface area contributed by atoms with Crippen LogP contribution in [0.25, 0.3) is 0 Å². The lowest BCUT2D eigenvalue weighted by molar-refractivity contribution is -0.136. The molecule has 2 rings (SSSR count). The van der Waals surface area contributed by atoms with E-state index in [0.717, 1.165) is 25.7 Å². The van der Waals surface area contributed by atoms with E-state index in [1.54, 1.807) is 0 Å². The zero-order valence-electron chi connectivity index (χ0n) is 11.7. The predicted molar refractivity (Wildman–Crippen MR) is 72.8 cm³/mol. The van der Waals surface area contributed by atoms with Gasteiger partial charge in [-0.3, -0.25) is 4.79 Å². The highest BCUT2D eigenvalue weighted by atomic mass is 16.5. The molecule has 5 heteroatoms. The van der Waals surface area contributed by atoms with E-state index in [4.69, 9.17) is 15.2 Å². The number of hydrogen-bond acceptors (Lipinski definition) is 4. The number of amides is 1. The number of carbonyl (C=O) groups is 1. The first-order valence-electron chi connectivity index (χ1n) is 7.44. The van der Waals surface area contributed by atoms with Crippen LogP contribution >= 0.6 is 0 Å². The van der Waals surface area contributed by atoms with E-state index >= 15 is 0 Å². The largest absolute Gasteiger partial charge is 0.381 e. The van der Waals surface area contributed by atoms with Gasteiger partial charge in [-0.25, -0.2) is 0 Å². The van der Waals surface area contributed by atoms with E-state index in [9.17, 15) is 4.79 Å². The van der Waals surface area contributed by atoms with E-state index in [1.165, 1.54) is 12.8 Å². The van der Waals surface area contributed by atoms with Crippen LogP contribution in [0.3, 0.4) is 0 Å². The van der Waals surface area contributed by atoms with Gasteiger partial charge in [-0.05, 0) is 25.7 Å². The third-order valence-electron chi connectivity index (χ3n) is 4.37. The number of hydrogen-bond donors (Lipinski definition) is 2. The number of ether oxygens (including phenoxy) is 2. The fourth-order valence-corrected chi connectivity index (χ4v) is 2.92. The van der Waals surface area contributed by atoms with Crippen molar-refractivity contribution in [2.45, 2.75) is 44.6 Å². The van der Waals surface area contributed by atoms with Gasteiger partial charge in [0.2, 0.25) is 5.91 Å². The van der Waals surface area contributed by atoms with Gasteiger partial charge in [0.15, 0.2) is 0 Å². The Labute approximate surface area is 115 Å². The Bertz CT molecular complexity index is 284. The summed E-state index contributed by atoms with van der Waals surface area (Å²) in [6.07, 6.45) is 6.72. The van der Waals surface area contributed by atoms with Gasteiger partial charge in [-0.15, -0.1) is 0 Å². The Balaban J connectivity index is 1.67. The zero-order valence-corrected chi connectivity index (χ0v) is 11.7. The number of nitrogens with two attached hydrogens (primary N) is 1. The van der Waals surface area contributed by atoms with Crippen molar-refractivity contribution in [3.05, 3.63) is 0 Å². The van der Waals surface area contributed by atoms with Crippen LogP contribution in [-0.2, 0) is 14.3 Å². The third kappa shape index (κ3) is 3.91. The summed E-state index contributed by atoms with van der Waals surface area (Å²) in [5.74, 6) is 0.0633. The first-order valence-corrected chi connectivity index (χ1v) is 7.44. The molecule has 1 heterocycles. The van der Waals surface area contributed by atoms with Crippen LogP contribution in [0.15, 0.2) is 0 Å². The highest BCUT2D eigenvalue weighted by Gasteiger charge is 2.38. The second-order valence-electron chi connectivity index (χ2n) is 5.63. The van der Waals surface area contributed by atoms with Crippen molar-refractivity contribution in [3.63, 3.8) is 0 Å². The van der Waals surface area contributed by atoms with Crippen LogP contribution in [0.1, 0.15) is 38.5 Å². The molecule has 3 N–H and O–H groups in total. The van der Waals surface area contributed by atoms with Crippen molar-refractivity contribution in [2.75, 3.05) is 32.9 Å². The average molecular weight is 270 g/mol. The first-order chi connectivity index (χ1) is 9.27. The van der Waals surface area contributed by atoms with Crippen LogP contribution < -0.4 is 11.1 Å². The van der Waals surface area contributed by atoms with Gasteiger partial charge < -0.3 is 20.5 Å². The quantitative estimate of drug-likeness (QED) is 0.701. The normalized spacial score (nSPS) is 23.4. The molecule has 0 bridgehead atoms. The van der Waals surface area contributed by atoms with Gasteiger partial charge in [0.1, 0.15) is 0 Å². The standard InChI is InChI=1S/C14H26N2O3/c15-11-14(5-8-18-9-6-14)13(17)16-7-10-19-12-3-1-2-4-12/h12H,1-11,15H2,(H,16,17). The summed E-state index contributed by atoms with van der Waals surface area (Å²) in [5.41, 5.74) is 5.37. The van der Waals surface area contributed by atoms with Gasteiger partial charge >= 0.3 is 0 Å². The molecule has 1 aliphatic carbocycles. The summed E-state index contributed by atoms with van der Waals surface area (Å²) < 4.78 is 11.0. The Morgan fingerprint density at radius 2 is 2.00 bits per heavy atom. The van der Waals surface area contributed by atoms with Crippen molar-refractivity contribution in [1.82, 2.24) is 5.32 Å². The van der Waals surface area contributed by atoms with Crippen LogP contribution in [-0.4, -0.2) is 44.9 Å². The molecule has 0 aromatic carbocycles. The minimum atomic E-state index is -0.425. The summed E-state index contributed by atoms with van der Waals surface area (Å²) in [7, 11) is 0. The molecule has 0 atom stereocenters. The van der Waals surface area contributed by atoms with Crippen molar-refractivity contribution in [3.8, 4) is 0 Å². The maximum absolute atomic E-state index is 12.2. The molecule has 0 unspecified atom stereocenters. The van der Waals surface area contributed by atoms with E-state index in [1.807, 2.05) is 0 Å². The molecule has 1 aliphatic heterocycles. The van der Waals surface area contributed by atoms with Crippen molar-refractivity contribution < 1.29 is 14.3 Å². The SMILES string of the molecule is NCC1(C(=O)NCCOC2CCCC2)CCOCC1. The van der Waals surface area contributed by atoms with E-state index < -0.39 is 5.41 Å². The maximum Gasteiger partial charge on any atom is 0.227 e. The number of rotatable bonds is 6. The highest BCUT2D eigenvalue weighted by Crippen LogP contribution is 2.29. The molecular formula is C14H26N2O3. The Morgan fingerprint density at radius 3 is 2.63 bits per heavy atom. The lowest BCUT2D eigenvalue weighted by Gasteiger charge is -2.34.